The Kier molecular flexibility index (Phi) is 6.42. The van der Waals surface area contributed by atoms with Gasteiger partial charge in [0.15, 0.2) is 5.96 Å². The Morgan fingerprint density at radius 2 is 2.16 bits per heavy atom. The summed E-state index contributed by atoms with van der Waals surface area (Å²) in [6.07, 6.45) is 2.07. The average molecular weight is 265 g/mol. The molecule has 1 aromatic heterocycles. The van der Waals surface area contributed by atoms with Gasteiger partial charge in [-0.25, -0.2) is 0 Å². The zero-order valence-corrected chi connectivity index (χ0v) is 12.8. The van der Waals surface area contributed by atoms with E-state index in [0.29, 0.717) is 0 Å². The van der Waals surface area contributed by atoms with Gasteiger partial charge in [0.05, 0.1) is 6.54 Å². The first kappa shape index (κ1) is 15.6. The summed E-state index contributed by atoms with van der Waals surface area (Å²) in [6.45, 7) is 6.02. The maximum atomic E-state index is 4.32. The number of guanidine groups is 1. The van der Waals surface area contributed by atoms with E-state index in [-0.39, 0.29) is 0 Å². The molecule has 0 saturated carbocycles. The minimum Gasteiger partial charge on any atom is -0.355 e. The van der Waals surface area contributed by atoms with Crippen molar-refractivity contribution in [1.29, 1.82) is 0 Å². The van der Waals surface area contributed by atoms with Crippen molar-refractivity contribution in [2.24, 2.45) is 12.0 Å². The first-order valence-corrected chi connectivity index (χ1v) is 6.79. The van der Waals surface area contributed by atoms with E-state index in [4.69, 9.17) is 0 Å². The van der Waals surface area contributed by atoms with E-state index < -0.39 is 0 Å². The van der Waals surface area contributed by atoms with E-state index >= 15 is 0 Å². The second-order valence-electron chi connectivity index (χ2n) is 4.84. The molecule has 1 rings (SSSR count). The van der Waals surface area contributed by atoms with Gasteiger partial charge in [-0.2, -0.15) is 0 Å². The third kappa shape index (κ3) is 4.95. The first-order chi connectivity index (χ1) is 9.08. The van der Waals surface area contributed by atoms with Crippen LogP contribution in [0.15, 0.2) is 23.3 Å². The molecule has 0 radical (unpaired) electrons. The molecule has 0 spiro atoms. The monoisotopic (exact) mass is 265 g/mol. The molecule has 0 aliphatic carbocycles. The lowest BCUT2D eigenvalue weighted by atomic mass is 10.4. The van der Waals surface area contributed by atoms with E-state index in [1.54, 1.807) is 0 Å². The number of rotatable bonds is 6. The van der Waals surface area contributed by atoms with Crippen molar-refractivity contribution in [3.05, 3.63) is 24.0 Å². The molecule has 0 saturated heterocycles. The van der Waals surface area contributed by atoms with Gasteiger partial charge < -0.3 is 19.7 Å². The largest absolute Gasteiger partial charge is 0.355 e. The topological polar surface area (TPSA) is 35.8 Å². The number of aromatic nitrogens is 1. The van der Waals surface area contributed by atoms with E-state index in [1.165, 1.54) is 5.69 Å². The van der Waals surface area contributed by atoms with Crippen molar-refractivity contribution in [2.45, 2.75) is 13.5 Å². The molecule has 19 heavy (non-hydrogen) atoms. The highest BCUT2D eigenvalue weighted by Gasteiger charge is 2.08. The number of hydrogen-bond acceptors (Lipinski definition) is 2. The van der Waals surface area contributed by atoms with Gasteiger partial charge in [-0.1, -0.05) is 6.92 Å². The van der Waals surface area contributed by atoms with Crippen LogP contribution in [0.4, 0.5) is 0 Å². The number of nitrogens with zero attached hydrogens (tertiary/aromatic N) is 4. The highest BCUT2D eigenvalue weighted by molar-refractivity contribution is 5.79. The van der Waals surface area contributed by atoms with Gasteiger partial charge in [0, 0.05) is 46.1 Å². The highest BCUT2D eigenvalue weighted by atomic mass is 15.3. The Morgan fingerprint density at radius 1 is 1.42 bits per heavy atom. The van der Waals surface area contributed by atoms with E-state index in [1.807, 2.05) is 7.05 Å². The lowest BCUT2D eigenvalue weighted by molar-refractivity contribution is 0.353. The Morgan fingerprint density at radius 3 is 2.68 bits per heavy atom. The molecule has 108 valence electrons. The summed E-state index contributed by atoms with van der Waals surface area (Å²) in [5.41, 5.74) is 1.27. The van der Waals surface area contributed by atoms with Gasteiger partial charge in [0.2, 0.25) is 0 Å². The molecule has 0 amide bonds. The van der Waals surface area contributed by atoms with Crippen LogP contribution in [0.3, 0.4) is 0 Å². The summed E-state index contributed by atoms with van der Waals surface area (Å²) in [5, 5.41) is 3.39. The number of aryl methyl sites for hydroxylation is 1. The van der Waals surface area contributed by atoms with Crippen LogP contribution in [0.2, 0.25) is 0 Å². The Bertz CT molecular complexity index is 396. The molecule has 0 fully saturated rings. The van der Waals surface area contributed by atoms with Gasteiger partial charge in [-0.05, 0) is 25.7 Å². The highest BCUT2D eigenvalue weighted by Crippen LogP contribution is 2.03. The Labute approximate surface area is 116 Å². The van der Waals surface area contributed by atoms with Crippen LogP contribution in [0.5, 0.6) is 0 Å². The quantitative estimate of drug-likeness (QED) is 0.615. The predicted molar refractivity (Wildman–Crippen MR) is 81.4 cm³/mol. The third-order valence-corrected chi connectivity index (χ3v) is 3.34. The van der Waals surface area contributed by atoms with Crippen molar-refractivity contribution >= 4 is 5.96 Å². The lowest BCUT2D eigenvalue weighted by Crippen LogP contribution is -2.41. The zero-order chi connectivity index (χ0) is 14.3. The lowest BCUT2D eigenvalue weighted by Gasteiger charge is -2.23. The van der Waals surface area contributed by atoms with Gasteiger partial charge >= 0.3 is 0 Å². The number of hydrogen-bond donors (Lipinski definition) is 1. The second-order valence-corrected chi connectivity index (χ2v) is 4.84. The van der Waals surface area contributed by atoms with E-state index in [2.05, 4.69) is 71.1 Å². The second kappa shape index (κ2) is 7.84. The van der Waals surface area contributed by atoms with Crippen LogP contribution >= 0.6 is 0 Å². The number of aliphatic imine (C=N–C) groups is 1. The number of likely N-dealkylation sites (N-methyl/N-ethyl adjacent to an activating group) is 1. The van der Waals surface area contributed by atoms with Crippen LogP contribution in [0, 0.1) is 0 Å². The summed E-state index contributed by atoms with van der Waals surface area (Å²) in [5.74, 6) is 0.936. The fourth-order valence-electron chi connectivity index (χ4n) is 1.88. The fraction of sp³-hybridized carbons (Fsp3) is 0.643. The molecule has 1 aromatic rings. The van der Waals surface area contributed by atoms with Gasteiger partial charge in [-0.15, -0.1) is 0 Å². The van der Waals surface area contributed by atoms with Gasteiger partial charge in [-0.3, -0.25) is 4.99 Å². The molecular formula is C14H27N5. The summed E-state index contributed by atoms with van der Waals surface area (Å²) in [6, 6.07) is 4.20. The van der Waals surface area contributed by atoms with Crippen LogP contribution in [0.1, 0.15) is 12.6 Å². The molecule has 0 aliphatic rings. The molecule has 5 heteroatoms. The van der Waals surface area contributed by atoms with Crippen molar-refractivity contribution in [3.63, 3.8) is 0 Å². The van der Waals surface area contributed by atoms with Crippen LogP contribution in [0.25, 0.3) is 0 Å². The molecule has 1 N–H and O–H groups in total. The molecule has 0 unspecified atom stereocenters. The maximum absolute atomic E-state index is 4.32. The van der Waals surface area contributed by atoms with Crippen LogP contribution < -0.4 is 5.32 Å². The van der Waals surface area contributed by atoms with Crippen LogP contribution in [-0.2, 0) is 13.6 Å². The fourth-order valence-corrected chi connectivity index (χ4v) is 1.88. The van der Waals surface area contributed by atoms with Crippen molar-refractivity contribution in [3.8, 4) is 0 Å². The third-order valence-electron chi connectivity index (χ3n) is 3.34. The van der Waals surface area contributed by atoms with Crippen molar-refractivity contribution in [1.82, 2.24) is 19.7 Å². The zero-order valence-electron chi connectivity index (χ0n) is 12.8. The van der Waals surface area contributed by atoms with Crippen molar-refractivity contribution < 1.29 is 0 Å². The number of nitrogens with one attached hydrogen (secondary N) is 1. The minimum absolute atomic E-state index is 0.854. The molecule has 0 aliphatic heterocycles. The summed E-state index contributed by atoms with van der Waals surface area (Å²) < 4.78 is 2.13. The van der Waals surface area contributed by atoms with E-state index in [9.17, 15) is 0 Å². The Balaban J connectivity index is 2.44. The summed E-state index contributed by atoms with van der Waals surface area (Å²) in [4.78, 5) is 8.74. The summed E-state index contributed by atoms with van der Waals surface area (Å²) in [7, 11) is 8.08. The first-order valence-electron chi connectivity index (χ1n) is 6.79. The standard InChI is InChI=1S/C14H27N5/c1-6-17(3)11-9-16-14(15-2)19(5)12-13-8-7-10-18(13)4/h7-8,10H,6,9,11-12H2,1-5H3,(H,15,16). The SMILES string of the molecule is CCN(C)CCNC(=NC)N(C)Cc1cccn1C. The predicted octanol–water partition coefficient (Wildman–Crippen LogP) is 0.984. The molecular weight excluding hydrogens is 238 g/mol. The average Bonchev–Trinajstić information content (AvgIpc) is 2.79. The molecule has 5 nitrogen and oxygen atoms in total. The molecule has 0 aromatic carbocycles. The van der Waals surface area contributed by atoms with Crippen molar-refractivity contribution in [2.75, 3.05) is 40.8 Å². The maximum Gasteiger partial charge on any atom is 0.193 e. The smallest absolute Gasteiger partial charge is 0.193 e. The van der Waals surface area contributed by atoms with Gasteiger partial charge in [0.25, 0.3) is 0 Å². The van der Waals surface area contributed by atoms with E-state index in [0.717, 1.165) is 32.1 Å². The van der Waals surface area contributed by atoms with Crippen LogP contribution in [-0.4, -0.2) is 61.1 Å². The molecule has 0 bridgehead atoms. The molecule has 1 heterocycles. The Hall–Kier alpha value is -1.49. The normalized spacial score (nSPS) is 12.0. The summed E-state index contributed by atoms with van der Waals surface area (Å²) >= 11 is 0. The molecule has 0 atom stereocenters. The minimum atomic E-state index is 0.854. The van der Waals surface area contributed by atoms with Gasteiger partial charge in [0.1, 0.15) is 0 Å².